The maximum Gasteiger partial charge on any atom is 0.321 e. The minimum absolute atomic E-state index is 0. The second-order valence-electron chi connectivity index (χ2n) is 2.97. The van der Waals surface area contributed by atoms with E-state index in [0.29, 0.717) is 12.5 Å². The first kappa shape index (κ1) is 10.6. The molecule has 2 amide bonds. The van der Waals surface area contributed by atoms with Crippen molar-refractivity contribution in [3.8, 4) is 0 Å². The van der Waals surface area contributed by atoms with Crippen LogP contribution in [-0.4, -0.2) is 22.1 Å². The van der Waals surface area contributed by atoms with Crippen molar-refractivity contribution in [1.29, 1.82) is 0 Å². The first-order chi connectivity index (χ1) is 6.69. The van der Waals surface area contributed by atoms with Crippen LogP contribution in [0, 0.1) is 0 Å². The van der Waals surface area contributed by atoms with Crippen molar-refractivity contribution in [1.82, 2.24) is 14.9 Å². The molecule has 1 aromatic rings. The molecule has 0 fully saturated rings. The predicted octanol–water partition coefficient (Wildman–Crippen LogP) is 1.62. The number of carbonyl (C=O) groups excluding carboxylic acids is 1. The van der Waals surface area contributed by atoms with Gasteiger partial charge in [0.05, 0.1) is 6.20 Å². The van der Waals surface area contributed by atoms with Crippen LogP contribution in [0.15, 0.2) is 6.20 Å². The molecule has 82 valence electrons. The first-order valence-electron chi connectivity index (χ1n) is 4.74. The minimum atomic E-state index is -0.219. The highest BCUT2D eigenvalue weighted by Crippen LogP contribution is 2.07. The molecule has 0 unspecified atom stereocenters. The van der Waals surface area contributed by atoms with Gasteiger partial charge in [-0.1, -0.05) is 6.92 Å². The molecule has 1 rings (SSSR count). The summed E-state index contributed by atoms with van der Waals surface area (Å²) >= 11 is 0. The van der Waals surface area contributed by atoms with E-state index in [4.69, 9.17) is 0 Å². The first-order valence-corrected chi connectivity index (χ1v) is 4.74. The van der Waals surface area contributed by atoms with Gasteiger partial charge in [-0.2, -0.15) is 0 Å². The summed E-state index contributed by atoms with van der Waals surface area (Å²) in [5.41, 5.74) is 1.09. The summed E-state index contributed by atoms with van der Waals surface area (Å²) in [7, 11) is 1.88. The van der Waals surface area contributed by atoms with Crippen LogP contribution in [-0.2, 0) is 13.5 Å². The van der Waals surface area contributed by atoms with Gasteiger partial charge in [0.25, 0.3) is 0 Å². The van der Waals surface area contributed by atoms with Gasteiger partial charge in [-0.15, -0.1) is 0 Å². The molecule has 1 aromatic heterocycles. The van der Waals surface area contributed by atoms with E-state index >= 15 is 0 Å². The summed E-state index contributed by atoms with van der Waals surface area (Å²) in [6.45, 7) is 4.53. The van der Waals surface area contributed by atoms with Gasteiger partial charge in [-0.25, -0.2) is 9.78 Å². The summed E-state index contributed by atoms with van der Waals surface area (Å²) in [6.07, 6.45) is 2.67. The Bertz CT molecular complexity index is 327. The molecule has 0 saturated carbocycles. The Morgan fingerprint density at radius 2 is 2.36 bits per heavy atom. The van der Waals surface area contributed by atoms with Crippen molar-refractivity contribution in [2.45, 2.75) is 20.3 Å². The molecule has 0 aromatic carbocycles. The third-order valence-corrected chi connectivity index (χ3v) is 2.01. The molecule has 0 aliphatic carbocycles. The summed E-state index contributed by atoms with van der Waals surface area (Å²) in [4.78, 5) is 15.3. The molecule has 14 heavy (non-hydrogen) atoms. The maximum atomic E-state index is 11.2. The van der Waals surface area contributed by atoms with Crippen LogP contribution < -0.4 is 10.6 Å². The molecule has 0 bridgehead atoms. The second kappa shape index (κ2) is 4.64. The number of nitrogens with zero attached hydrogens (tertiary/aromatic N) is 2. The van der Waals surface area contributed by atoms with Crippen molar-refractivity contribution in [3.63, 3.8) is 0 Å². The normalized spacial score (nSPS) is 9.93. The van der Waals surface area contributed by atoms with E-state index in [2.05, 4.69) is 15.6 Å². The fourth-order valence-corrected chi connectivity index (χ4v) is 1.20. The third-order valence-electron chi connectivity index (χ3n) is 2.01. The molecule has 2 N–H and O–H groups in total. The number of amides is 2. The number of hydrogen-bond donors (Lipinski definition) is 2. The summed E-state index contributed by atoms with van der Waals surface area (Å²) in [6, 6.07) is -0.219. The van der Waals surface area contributed by atoms with E-state index in [9.17, 15) is 4.79 Å². The lowest BCUT2D eigenvalue weighted by Crippen LogP contribution is -2.29. The van der Waals surface area contributed by atoms with Gasteiger partial charge in [0.1, 0.15) is 0 Å². The number of aryl methyl sites for hydroxylation is 1. The molecule has 5 heteroatoms. The summed E-state index contributed by atoms with van der Waals surface area (Å²) < 4.78 is 1.87. The van der Waals surface area contributed by atoms with Crippen LogP contribution in [0.2, 0.25) is 0 Å². The van der Waals surface area contributed by atoms with Crippen molar-refractivity contribution in [3.05, 3.63) is 11.9 Å². The largest absolute Gasteiger partial charge is 0.338 e. The van der Waals surface area contributed by atoms with Crippen LogP contribution in [0.25, 0.3) is 0 Å². The number of hydrogen-bond acceptors (Lipinski definition) is 2. The van der Waals surface area contributed by atoms with E-state index in [-0.39, 0.29) is 8.88 Å². The molecule has 0 spiro atoms. The lowest BCUT2D eigenvalue weighted by atomic mass is 10.4. The Balaban J connectivity index is 0. The van der Waals surface area contributed by atoms with E-state index in [1.165, 1.54) is 0 Å². The Hall–Kier alpha value is -1.52. The van der Waals surface area contributed by atoms with Crippen LogP contribution in [0.3, 0.4) is 0 Å². The minimum Gasteiger partial charge on any atom is -0.338 e. The van der Waals surface area contributed by atoms with Crippen LogP contribution in [0.1, 0.15) is 22.4 Å². The number of aromatic nitrogens is 2. The van der Waals surface area contributed by atoms with Gasteiger partial charge in [0.2, 0.25) is 5.95 Å². The molecular formula is C9H20N4O. The van der Waals surface area contributed by atoms with Gasteiger partial charge >= 0.3 is 6.03 Å². The zero-order valence-corrected chi connectivity index (χ0v) is 8.79. The van der Waals surface area contributed by atoms with Gasteiger partial charge in [0.15, 0.2) is 0 Å². The fourth-order valence-electron chi connectivity index (χ4n) is 1.20. The maximum absolute atomic E-state index is 11.2. The number of anilines is 1. The lowest BCUT2D eigenvalue weighted by Gasteiger charge is -2.06. The highest BCUT2D eigenvalue weighted by Gasteiger charge is 2.07. The van der Waals surface area contributed by atoms with E-state index in [1.807, 2.05) is 25.5 Å². The number of urea groups is 1. The monoisotopic (exact) mass is 200 g/mol. The molecule has 1 heterocycles. The lowest BCUT2D eigenvalue weighted by molar-refractivity contribution is 0.252. The topological polar surface area (TPSA) is 59.0 Å². The average Bonchev–Trinajstić information content (AvgIpc) is 2.48. The average molecular weight is 200 g/mol. The highest BCUT2D eigenvalue weighted by molar-refractivity contribution is 5.87. The Kier molecular flexibility index (Phi) is 3.50. The zero-order valence-electron chi connectivity index (χ0n) is 8.79. The standard InChI is InChI=1S/C9H16N4O.2H2/c1-4-7-6-11-8(13(7)3)12-9(14)10-5-2;;/h6H,4-5H2,1-3H3,(H2,10,11,12,14);2*1H. The van der Waals surface area contributed by atoms with Crippen LogP contribution >= 0.6 is 0 Å². The summed E-state index contributed by atoms with van der Waals surface area (Å²) in [5, 5.41) is 5.31. The molecule has 0 aliphatic heterocycles. The highest BCUT2D eigenvalue weighted by atomic mass is 16.2. The zero-order chi connectivity index (χ0) is 10.6. The van der Waals surface area contributed by atoms with Gasteiger partial charge in [0, 0.05) is 22.1 Å². The number of rotatable bonds is 3. The molecule has 5 nitrogen and oxygen atoms in total. The van der Waals surface area contributed by atoms with Gasteiger partial charge in [-0.05, 0) is 13.3 Å². The van der Waals surface area contributed by atoms with Crippen LogP contribution in [0.5, 0.6) is 0 Å². The van der Waals surface area contributed by atoms with Crippen molar-refractivity contribution >= 4 is 12.0 Å². The number of imidazole rings is 1. The van der Waals surface area contributed by atoms with Crippen molar-refractivity contribution < 1.29 is 7.65 Å². The Morgan fingerprint density at radius 1 is 1.64 bits per heavy atom. The van der Waals surface area contributed by atoms with Gasteiger partial charge in [-0.3, -0.25) is 5.32 Å². The molecule has 0 atom stereocenters. The molecule has 0 aliphatic rings. The van der Waals surface area contributed by atoms with Crippen molar-refractivity contribution in [2.75, 3.05) is 11.9 Å². The summed E-state index contributed by atoms with van der Waals surface area (Å²) in [5.74, 6) is 0.577. The second-order valence-corrected chi connectivity index (χ2v) is 2.97. The Labute approximate surface area is 86.5 Å². The number of nitrogens with one attached hydrogen (secondary N) is 2. The fraction of sp³-hybridized carbons (Fsp3) is 0.556. The van der Waals surface area contributed by atoms with Crippen LogP contribution in [0.4, 0.5) is 10.7 Å². The SMILES string of the molecule is CCNC(=O)Nc1ncc(CC)n1C.[HH].[HH]. The van der Waals surface area contributed by atoms with E-state index in [1.54, 1.807) is 6.20 Å². The quantitative estimate of drug-likeness (QED) is 0.778. The van der Waals surface area contributed by atoms with E-state index in [0.717, 1.165) is 12.1 Å². The predicted molar refractivity (Wildman–Crippen MR) is 59.5 cm³/mol. The smallest absolute Gasteiger partial charge is 0.321 e. The Morgan fingerprint density at radius 3 is 2.86 bits per heavy atom. The van der Waals surface area contributed by atoms with E-state index < -0.39 is 0 Å². The molecule has 0 saturated heterocycles. The molecule has 0 radical (unpaired) electrons. The van der Waals surface area contributed by atoms with Crippen molar-refractivity contribution in [2.24, 2.45) is 7.05 Å². The molecular weight excluding hydrogens is 180 g/mol. The number of carbonyl (C=O) groups is 1. The van der Waals surface area contributed by atoms with Gasteiger partial charge < -0.3 is 9.88 Å². The third kappa shape index (κ3) is 2.25.